The predicted molar refractivity (Wildman–Crippen MR) is 109 cm³/mol. The van der Waals surface area contributed by atoms with Crippen LogP contribution in [0.15, 0.2) is 35.3 Å². The first kappa shape index (κ1) is 24.0. The molecule has 0 unspecified atom stereocenters. The highest BCUT2D eigenvalue weighted by molar-refractivity contribution is 5.75. The van der Waals surface area contributed by atoms with E-state index >= 15 is 0 Å². The van der Waals surface area contributed by atoms with Crippen LogP contribution in [-0.2, 0) is 35.1 Å². The summed E-state index contributed by atoms with van der Waals surface area (Å²) in [6.07, 6.45) is -0.906. The highest BCUT2D eigenvalue weighted by Gasteiger charge is 2.43. The van der Waals surface area contributed by atoms with Crippen molar-refractivity contribution in [2.45, 2.75) is 44.1 Å². The third-order valence-corrected chi connectivity index (χ3v) is 4.49. The lowest BCUT2D eigenvalue weighted by Crippen LogP contribution is -2.56. The van der Waals surface area contributed by atoms with Crippen molar-refractivity contribution in [1.29, 1.82) is 0 Å². The van der Waals surface area contributed by atoms with Crippen molar-refractivity contribution in [1.82, 2.24) is 0 Å². The molecule has 0 aromatic heterocycles. The van der Waals surface area contributed by atoms with Gasteiger partial charge in [-0.15, -0.1) is 0 Å². The molecule has 1 aliphatic rings. The topological polar surface area (TPSA) is 148 Å². The fourth-order valence-electron chi connectivity index (χ4n) is 3.05. The molecule has 2 rings (SSSR count). The number of ether oxygens (including phenoxy) is 5. The van der Waals surface area contributed by atoms with Crippen LogP contribution in [-0.4, -0.2) is 75.1 Å². The van der Waals surface area contributed by atoms with E-state index in [1.54, 1.807) is 0 Å². The lowest BCUT2D eigenvalue weighted by molar-refractivity contribution is -0.291. The van der Waals surface area contributed by atoms with E-state index < -0.39 is 37.2 Å². The fraction of sp³-hybridized carbons (Fsp3) is 0.600. The van der Waals surface area contributed by atoms with Crippen molar-refractivity contribution in [2.75, 3.05) is 33.5 Å². The number of guanidine groups is 1. The van der Waals surface area contributed by atoms with Crippen molar-refractivity contribution >= 4 is 11.9 Å². The van der Waals surface area contributed by atoms with Crippen LogP contribution in [0, 0.1) is 0 Å². The summed E-state index contributed by atoms with van der Waals surface area (Å²) in [4.78, 5) is 14.9. The zero-order valence-corrected chi connectivity index (χ0v) is 17.1. The van der Waals surface area contributed by atoms with Crippen LogP contribution in [0.5, 0.6) is 0 Å². The molecule has 30 heavy (non-hydrogen) atoms. The molecular weight excluding hydrogens is 394 g/mol. The molecule has 0 saturated carbocycles. The average molecular weight is 425 g/mol. The number of carboxylic acid groups (broad SMARTS) is 1. The first-order chi connectivity index (χ1) is 14.5. The minimum Gasteiger partial charge on any atom is -0.480 e. The van der Waals surface area contributed by atoms with Gasteiger partial charge in [-0.05, 0) is 18.4 Å². The van der Waals surface area contributed by atoms with Gasteiger partial charge in [-0.3, -0.25) is 4.99 Å². The minimum absolute atomic E-state index is 0.0665. The second kappa shape index (κ2) is 13.1. The number of methoxy groups -OCH3 is 1. The van der Waals surface area contributed by atoms with Crippen LogP contribution in [0.4, 0.5) is 0 Å². The number of aliphatic imine (C=N–C) groups is 1. The zero-order chi connectivity index (χ0) is 21.8. The highest BCUT2D eigenvalue weighted by atomic mass is 16.7. The van der Waals surface area contributed by atoms with Crippen molar-refractivity contribution in [3.63, 3.8) is 0 Å². The molecule has 168 valence electrons. The molecule has 1 saturated heterocycles. The molecule has 10 nitrogen and oxygen atoms in total. The van der Waals surface area contributed by atoms with Gasteiger partial charge in [0, 0.05) is 20.3 Å². The van der Waals surface area contributed by atoms with Gasteiger partial charge in [0.05, 0.1) is 13.2 Å². The third-order valence-electron chi connectivity index (χ3n) is 4.49. The summed E-state index contributed by atoms with van der Waals surface area (Å²) in [5.74, 6) is -0.998. The number of unbranched alkanes of at least 4 members (excludes halogenated alkanes) is 1. The van der Waals surface area contributed by atoms with E-state index in [0.717, 1.165) is 18.4 Å². The summed E-state index contributed by atoms with van der Waals surface area (Å²) in [5, 5.41) is 8.95. The van der Waals surface area contributed by atoms with Gasteiger partial charge in [-0.2, -0.15) is 0 Å². The number of hydrogen-bond donors (Lipinski definition) is 3. The predicted octanol–water partition coefficient (Wildman–Crippen LogP) is 0.483. The Kier molecular flexibility index (Phi) is 10.5. The van der Waals surface area contributed by atoms with E-state index in [1.807, 2.05) is 30.3 Å². The molecule has 1 heterocycles. The van der Waals surface area contributed by atoms with Gasteiger partial charge in [0.25, 0.3) is 0 Å². The number of nitrogens with zero attached hydrogens (tertiary/aromatic N) is 1. The summed E-state index contributed by atoms with van der Waals surface area (Å²) in [7, 11) is 1.53. The van der Waals surface area contributed by atoms with Crippen molar-refractivity contribution in [2.24, 2.45) is 16.5 Å². The smallest absolute Gasteiger partial charge is 0.329 e. The molecule has 1 fully saturated rings. The lowest BCUT2D eigenvalue weighted by atomic mass is 10.0. The van der Waals surface area contributed by atoms with Gasteiger partial charge in [-0.1, -0.05) is 30.3 Å². The number of carboxylic acids is 1. The molecule has 0 bridgehead atoms. The first-order valence-electron chi connectivity index (χ1n) is 9.81. The Balaban J connectivity index is 1.94. The Morgan fingerprint density at radius 3 is 2.60 bits per heavy atom. The zero-order valence-electron chi connectivity index (χ0n) is 17.1. The van der Waals surface area contributed by atoms with Gasteiger partial charge in [-0.25, -0.2) is 4.79 Å². The molecule has 0 aliphatic carbocycles. The van der Waals surface area contributed by atoms with Gasteiger partial charge in [0.2, 0.25) is 0 Å². The second-order valence-corrected chi connectivity index (χ2v) is 6.79. The summed E-state index contributed by atoms with van der Waals surface area (Å²) >= 11 is 0. The molecule has 0 amide bonds. The van der Waals surface area contributed by atoms with E-state index in [9.17, 15) is 4.79 Å². The highest BCUT2D eigenvalue weighted by Crippen LogP contribution is 2.25. The monoisotopic (exact) mass is 425 g/mol. The standard InChI is InChI=1S/C20H31N3O7/c1-26-18-17(29-11-14-7-3-2-4-8-14)15(28-13-16(24)25)12-30-19(18)27-10-6-5-9-23-20(21)22/h2-4,7-8,15,17-19H,5-6,9-13H2,1H3,(H,24,25)(H4,21,22,23)/t15-,17-,18+,19+/m1/s1. The molecule has 0 spiro atoms. The second-order valence-electron chi connectivity index (χ2n) is 6.79. The minimum atomic E-state index is -1.06. The molecule has 1 aliphatic heterocycles. The summed E-state index contributed by atoms with van der Waals surface area (Å²) in [6, 6.07) is 9.65. The Labute approximate surface area is 176 Å². The van der Waals surface area contributed by atoms with Crippen LogP contribution in [0.2, 0.25) is 0 Å². The Morgan fingerprint density at radius 2 is 1.93 bits per heavy atom. The summed E-state index contributed by atoms with van der Waals surface area (Å²) < 4.78 is 28.7. The summed E-state index contributed by atoms with van der Waals surface area (Å²) in [6.45, 7) is 0.955. The lowest BCUT2D eigenvalue weighted by Gasteiger charge is -2.41. The molecule has 1 aromatic rings. The Morgan fingerprint density at radius 1 is 1.17 bits per heavy atom. The maximum absolute atomic E-state index is 10.9. The van der Waals surface area contributed by atoms with Gasteiger partial charge in [0.15, 0.2) is 12.2 Å². The number of carbonyl (C=O) groups is 1. The maximum atomic E-state index is 10.9. The molecular formula is C20H31N3O7. The van der Waals surface area contributed by atoms with Crippen LogP contribution in [0.25, 0.3) is 0 Å². The normalized spacial score (nSPS) is 23.8. The van der Waals surface area contributed by atoms with Crippen LogP contribution in [0.3, 0.4) is 0 Å². The molecule has 4 atom stereocenters. The van der Waals surface area contributed by atoms with Gasteiger partial charge < -0.3 is 40.3 Å². The van der Waals surface area contributed by atoms with Crippen LogP contribution < -0.4 is 11.5 Å². The molecule has 5 N–H and O–H groups in total. The van der Waals surface area contributed by atoms with Crippen molar-refractivity contribution < 1.29 is 33.6 Å². The fourth-order valence-corrected chi connectivity index (χ4v) is 3.05. The first-order valence-corrected chi connectivity index (χ1v) is 9.81. The van der Waals surface area contributed by atoms with Gasteiger partial charge in [0.1, 0.15) is 24.9 Å². The van der Waals surface area contributed by atoms with Crippen LogP contribution in [0.1, 0.15) is 18.4 Å². The Bertz CT molecular complexity index is 655. The van der Waals surface area contributed by atoms with Gasteiger partial charge >= 0.3 is 5.97 Å². The van der Waals surface area contributed by atoms with E-state index in [2.05, 4.69) is 4.99 Å². The van der Waals surface area contributed by atoms with E-state index in [4.69, 9.17) is 40.3 Å². The van der Waals surface area contributed by atoms with Crippen molar-refractivity contribution in [3.8, 4) is 0 Å². The van der Waals surface area contributed by atoms with E-state index in [-0.39, 0.29) is 12.6 Å². The molecule has 10 heteroatoms. The number of nitrogens with two attached hydrogens (primary N) is 2. The van der Waals surface area contributed by atoms with Crippen molar-refractivity contribution in [3.05, 3.63) is 35.9 Å². The van der Waals surface area contributed by atoms with E-state index in [0.29, 0.717) is 19.8 Å². The van der Waals surface area contributed by atoms with E-state index in [1.165, 1.54) is 7.11 Å². The number of rotatable bonds is 13. The average Bonchev–Trinajstić information content (AvgIpc) is 2.73. The summed E-state index contributed by atoms with van der Waals surface area (Å²) in [5.41, 5.74) is 11.6. The number of hydrogen-bond acceptors (Lipinski definition) is 7. The number of aliphatic carboxylic acids is 1. The number of benzene rings is 1. The molecule has 0 radical (unpaired) electrons. The largest absolute Gasteiger partial charge is 0.480 e. The molecule has 1 aromatic carbocycles. The Hall–Kier alpha value is -2.24. The quantitative estimate of drug-likeness (QED) is 0.233. The SMILES string of the molecule is CO[C@@H]1[C@@H](OCCCCN=C(N)N)OC[C@@H](OCC(=O)O)[C@H]1OCc1ccccc1. The maximum Gasteiger partial charge on any atom is 0.329 e. The third kappa shape index (κ3) is 8.25. The van der Waals surface area contributed by atoms with Crippen LogP contribution >= 0.6 is 0 Å².